The fourth-order valence-corrected chi connectivity index (χ4v) is 3.12. The van der Waals surface area contributed by atoms with Gasteiger partial charge in [0.2, 0.25) is 11.7 Å². The average Bonchev–Trinajstić information content (AvgIpc) is 3.31. The molecule has 0 saturated carbocycles. The second-order valence-electron chi connectivity index (χ2n) is 5.16. The molecular weight excluding hydrogens is 360 g/mol. The predicted octanol–water partition coefficient (Wildman–Crippen LogP) is 3.06. The van der Waals surface area contributed by atoms with Gasteiger partial charge in [-0.15, -0.1) is 11.3 Å². The van der Waals surface area contributed by atoms with Crippen molar-refractivity contribution in [3.63, 3.8) is 0 Å². The van der Waals surface area contributed by atoms with Crippen LogP contribution in [-0.4, -0.2) is 28.5 Å². The Morgan fingerprint density at radius 3 is 2.92 bits per heavy atom. The molecule has 0 unspecified atom stereocenters. The summed E-state index contributed by atoms with van der Waals surface area (Å²) >= 11 is 6.86. The molecule has 0 atom stereocenters. The van der Waals surface area contributed by atoms with Crippen molar-refractivity contribution in [1.82, 2.24) is 15.5 Å². The third-order valence-corrected chi connectivity index (χ3v) is 4.52. The smallest absolute Gasteiger partial charge is 0.246 e. The third kappa shape index (κ3) is 3.72. The fraction of sp³-hybridized carbons (Fsp3) is 0.188. The molecule has 25 heavy (non-hydrogen) atoms. The number of hydrogen-bond acceptors (Lipinski definition) is 7. The highest BCUT2D eigenvalue weighted by Crippen LogP contribution is 2.32. The van der Waals surface area contributed by atoms with Crippen LogP contribution in [0, 0.1) is 0 Å². The molecule has 4 rings (SSSR count). The minimum absolute atomic E-state index is 0.342. The van der Waals surface area contributed by atoms with Gasteiger partial charge in [-0.1, -0.05) is 11.2 Å². The van der Waals surface area contributed by atoms with Crippen LogP contribution in [0.5, 0.6) is 11.5 Å². The molecule has 2 N–H and O–H groups in total. The number of nitrogens with one attached hydrogen (secondary N) is 2. The molecule has 0 bridgehead atoms. The summed E-state index contributed by atoms with van der Waals surface area (Å²) in [6.07, 6.45) is 0. The van der Waals surface area contributed by atoms with E-state index in [0.717, 1.165) is 16.3 Å². The van der Waals surface area contributed by atoms with Crippen molar-refractivity contribution in [2.24, 2.45) is 0 Å². The monoisotopic (exact) mass is 374 g/mol. The maximum Gasteiger partial charge on any atom is 0.246 e. The summed E-state index contributed by atoms with van der Waals surface area (Å²) in [7, 11) is 0. The number of thiophene rings is 1. The minimum atomic E-state index is 0.342. The lowest BCUT2D eigenvalue weighted by Crippen LogP contribution is -2.28. The van der Waals surface area contributed by atoms with Gasteiger partial charge in [0, 0.05) is 11.8 Å². The van der Waals surface area contributed by atoms with Gasteiger partial charge in [0.05, 0.1) is 11.4 Å². The molecule has 1 aromatic carbocycles. The Morgan fingerprint density at radius 2 is 2.08 bits per heavy atom. The first-order chi connectivity index (χ1) is 12.3. The van der Waals surface area contributed by atoms with Crippen LogP contribution in [0.2, 0.25) is 0 Å². The number of aromatic nitrogens is 2. The van der Waals surface area contributed by atoms with Gasteiger partial charge in [-0.05, 0) is 35.8 Å². The lowest BCUT2D eigenvalue weighted by atomic mass is 10.2. The largest absolute Gasteiger partial charge is 0.486 e. The van der Waals surface area contributed by atoms with Gasteiger partial charge in [0.15, 0.2) is 16.6 Å². The Bertz CT molecular complexity index is 879. The molecule has 3 aromatic rings. The van der Waals surface area contributed by atoms with Crippen molar-refractivity contribution in [2.45, 2.75) is 6.54 Å². The zero-order valence-electron chi connectivity index (χ0n) is 13.0. The zero-order chi connectivity index (χ0) is 17.1. The number of anilines is 1. The summed E-state index contributed by atoms with van der Waals surface area (Å²) < 4.78 is 16.3. The van der Waals surface area contributed by atoms with E-state index in [2.05, 4.69) is 20.8 Å². The number of nitrogens with zero attached hydrogens (tertiary/aromatic N) is 2. The summed E-state index contributed by atoms with van der Waals surface area (Å²) in [5.74, 6) is 2.49. The molecule has 128 valence electrons. The molecule has 1 aliphatic rings. The molecular formula is C16H14N4O3S2. The summed E-state index contributed by atoms with van der Waals surface area (Å²) in [6, 6.07) is 9.47. The van der Waals surface area contributed by atoms with Crippen molar-refractivity contribution in [1.29, 1.82) is 0 Å². The van der Waals surface area contributed by atoms with Crippen LogP contribution in [0.15, 0.2) is 40.2 Å². The number of thiocarbonyl (C=S) groups is 1. The summed E-state index contributed by atoms with van der Waals surface area (Å²) in [6.45, 7) is 1.45. The SMILES string of the molecule is S=C(NCc1nc(-c2cccs2)no1)Nc1ccc2c(c1)OCCO2. The van der Waals surface area contributed by atoms with Crippen LogP contribution in [0.4, 0.5) is 5.69 Å². The number of rotatable bonds is 4. The van der Waals surface area contributed by atoms with Crippen LogP contribution < -0.4 is 20.1 Å². The zero-order valence-corrected chi connectivity index (χ0v) is 14.7. The normalized spacial score (nSPS) is 12.6. The lowest BCUT2D eigenvalue weighted by Gasteiger charge is -2.19. The van der Waals surface area contributed by atoms with Gasteiger partial charge in [-0.25, -0.2) is 0 Å². The molecule has 0 saturated heterocycles. The van der Waals surface area contributed by atoms with Crippen molar-refractivity contribution >= 4 is 34.4 Å². The molecule has 0 fully saturated rings. The Morgan fingerprint density at radius 1 is 1.20 bits per heavy atom. The maximum absolute atomic E-state index is 5.55. The molecule has 2 aromatic heterocycles. The third-order valence-electron chi connectivity index (χ3n) is 3.41. The van der Waals surface area contributed by atoms with Crippen LogP contribution in [-0.2, 0) is 6.54 Å². The molecule has 7 nitrogen and oxygen atoms in total. The molecule has 0 amide bonds. The standard InChI is InChI=1S/C16H14N4O3S2/c24-16(18-10-3-4-11-12(8-10)22-6-5-21-11)17-9-14-19-15(20-23-14)13-2-1-7-25-13/h1-4,7-8H,5-6,9H2,(H2,17,18,24). The molecule has 1 aliphatic heterocycles. The number of fused-ring (bicyclic) bond motifs is 1. The second kappa shape index (κ2) is 7.08. The Hall–Kier alpha value is -2.65. The van der Waals surface area contributed by atoms with E-state index >= 15 is 0 Å². The molecule has 3 heterocycles. The van der Waals surface area contributed by atoms with E-state index in [9.17, 15) is 0 Å². The molecule has 9 heteroatoms. The van der Waals surface area contributed by atoms with Gasteiger partial charge >= 0.3 is 0 Å². The second-order valence-corrected chi connectivity index (χ2v) is 6.51. The first kappa shape index (κ1) is 15.9. The summed E-state index contributed by atoms with van der Waals surface area (Å²) in [4.78, 5) is 5.30. The van der Waals surface area contributed by atoms with E-state index < -0.39 is 0 Å². The topological polar surface area (TPSA) is 81.4 Å². The number of hydrogen-bond donors (Lipinski definition) is 2. The lowest BCUT2D eigenvalue weighted by molar-refractivity contribution is 0.171. The quantitative estimate of drug-likeness (QED) is 0.675. The number of benzene rings is 1. The molecule has 0 aliphatic carbocycles. The van der Waals surface area contributed by atoms with Crippen molar-refractivity contribution < 1.29 is 14.0 Å². The van der Waals surface area contributed by atoms with Crippen molar-refractivity contribution in [2.75, 3.05) is 18.5 Å². The van der Waals surface area contributed by atoms with E-state index in [-0.39, 0.29) is 0 Å². The first-order valence-electron chi connectivity index (χ1n) is 7.59. The van der Waals surface area contributed by atoms with Crippen molar-refractivity contribution in [3.8, 4) is 22.2 Å². The maximum atomic E-state index is 5.55. The van der Waals surface area contributed by atoms with E-state index in [4.69, 9.17) is 26.2 Å². The van der Waals surface area contributed by atoms with Gasteiger partial charge < -0.3 is 24.6 Å². The van der Waals surface area contributed by atoms with Gasteiger partial charge in [0.1, 0.15) is 13.2 Å². The highest BCUT2D eigenvalue weighted by atomic mass is 32.1. The Kier molecular flexibility index (Phi) is 4.49. The molecule has 0 radical (unpaired) electrons. The Balaban J connectivity index is 1.33. The first-order valence-corrected chi connectivity index (χ1v) is 8.88. The summed E-state index contributed by atoms with van der Waals surface area (Å²) in [5.41, 5.74) is 0.812. The van der Waals surface area contributed by atoms with Gasteiger partial charge in [0.25, 0.3) is 0 Å². The van der Waals surface area contributed by atoms with Crippen LogP contribution >= 0.6 is 23.6 Å². The highest BCUT2D eigenvalue weighted by Gasteiger charge is 2.13. The Labute approximate surface area is 153 Å². The fourth-order valence-electron chi connectivity index (χ4n) is 2.28. The van der Waals surface area contributed by atoms with Gasteiger partial charge in [-0.3, -0.25) is 0 Å². The number of ether oxygens (including phenoxy) is 2. The highest BCUT2D eigenvalue weighted by molar-refractivity contribution is 7.80. The van der Waals surface area contributed by atoms with Crippen LogP contribution in [0.3, 0.4) is 0 Å². The van der Waals surface area contributed by atoms with Gasteiger partial charge in [-0.2, -0.15) is 4.98 Å². The minimum Gasteiger partial charge on any atom is -0.486 e. The average molecular weight is 374 g/mol. The van der Waals surface area contributed by atoms with E-state index in [0.29, 0.717) is 42.3 Å². The van der Waals surface area contributed by atoms with Crippen LogP contribution in [0.1, 0.15) is 5.89 Å². The van der Waals surface area contributed by atoms with E-state index in [1.54, 1.807) is 11.3 Å². The summed E-state index contributed by atoms with van der Waals surface area (Å²) in [5, 5.41) is 12.5. The van der Waals surface area contributed by atoms with E-state index in [1.165, 1.54) is 0 Å². The van der Waals surface area contributed by atoms with Crippen molar-refractivity contribution in [3.05, 3.63) is 41.6 Å². The van der Waals surface area contributed by atoms with E-state index in [1.807, 2.05) is 35.7 Å². The predicted molar refractivity (Wildman–Crippen MR) is 98.1 cm³/mol. The van der Waals surface area contributed by atoms with Crippen LogP contribution in [0.25, 0.3) is 10.7 Å². The molecule has 0 spiro atoms.